The molecule has 0 aromatic heterocycles. The monoisotopic (exact) mass is 466 g/mol. The van der Waals surface area contributed by atoms with E-state index in [1.165, 1.54) is 6.92 Å². The Morgan fingerprint density at radius 2 is 1.20 bits per heavy atom. The van der Waals surface area contributed by atoms with E-state index in [1.807, 2.05) is 0 Å². The first-order chi connectivity index (χ1) is 9.57. The van der Waals surface area contributed by atoms with E-state index in [9.17, 15) is 26.4 Å². The van der Waals surface area contributed by atoms with Gasteiger partial charge in [-0.25, -0.2) is 0 Å². The van der Waals surface area contributed by atoms with E-state index in [0.29, 0.717) is 0 Å². The summed E-state index contributed by atoms with van der Waals surface area (Å²) in [6, 6.07) is 0. The van der Waals surface area contributed by atoms with Crippen LogP contribution in [0, 0.1) is 0 Å². The van der Waals surface area contributed by atoms with E-state index in [2.05, 4.69) is 0 Å². The van der Waals surface area contributed by atoms with Crippen molar-refractivity contribution in [3.63, 3.8) is 0 Å². The summed E-state index contributed by atoms with van der Waals surface area (Å²) in [5, 5.41) is -0.771. The van der Waals surface area contributed by atoms with Crippen LogP contribution in [0.3, 0.4) is 0 Å². The molecule has 0 aromatic carbocycles. The smallest absolute Gasteiger partial charge is 0.917 e. The van der Waals surface area contributed by atoms with Gasteiger partial charge in [0.05, 0.1) is 11.5 Å². The van der Waals surface area contributed by atoms with Crippen LogP contribution in [-0.2, 0) is 49.2 Å². The summed E-state index contributed by atoms with van der Waals surface area (Å²) in [7, 11) is -11.1. The third kappa shape index (κ3) is 77.5. The minimum atomic E-state index is -4.02. The number of hydrogen-bond donors (Lipinski definition) is 2. The molecule has 0 spiro atoms. The summed E-state index contributed by atoms with van der Waals surface area (Å²) >= 11 is 4.77. The topological polar surface area (TPSA) is 200 Å². The van der Waals surface area contributed by atoms with Crippen molar-refractivity contribution in [1.29, 1.82) is 0 Å². The standard InChI is InChI=1S/C4H8O4S.C3H5ClO4S.CH4.2Na.O3S/c1-4(5)2-3-9(6,7)8;4-3(5)1-2-9(6,7)8;;;;1-4(2)3/h2-3H2,1H3,(H,6,7,8);1-2H2,(H,6,7,8);1H4;;;/q;;;2*+1;-2. The maximum Gasteiger partial charge on any atom is 1.00 e. The van der Waals surface area contributed by atoms with Gasteiger partial charge in [-0.1, -0.05) is 7.43 Å². The van der Waals surface area contributed by atoms with Crippen molar-refractivity contribution in [2.75, 3.05) is 11.5 Å². The van der Waals surface area contributed by atoms with E-state index in [4.69, 9.17) is 33.7 Å². The SMILES string of the molecule is C.CC(=O)CCS(=O)(=O)O.O=C(Cl)CCS(=O)(=O)O.O=[S-](=O)[O-].[Na+].[Na+]. The molecule has 142 valence electrons. The fourth-order valence-corrected chi connectivity index (χ4v) is 1.68. The Kier molecular flexibility index (Phi) is 35.4. The fraction of sp³-hybridized carbons (Fsp3) is 0.750. The molecule has 0 aromatic rings. The summed E-state index contributed by atoms with van der Waals surface area (Å²) in [6.45, 7) is 1.27. The Hall–Kier alpha value is 1.36. The van der Waals surface area contributed by atoms with Crippen molar-refractivity contribution in [3.05, 3.63) is 0 Å². The van der Waals surface area contributed by atoms with Gasteiger partial charge in [-0.2, -0.15) is 27.8 Å². The molecule has 0 bridgehead atoms. The predicted molar refractivity (Wildman–Crippen MR) is 79.9 cm³/mol. The van der Waals surface area contributed by atoms with Gasteiger partial charge in [0.2, 0.25) is 5.24 Å². The molecule has 0 aliphatic heterocycles. The Morgan fingerprint density at radius 1 is 0.960 bits per heavy atom. The molecule has 0 atom stereocenters. The van der Waals surface area contributed by atoms with Crippen LogP contribution in [0.2, 0.25) is 0 Å². The van der Waals surface area contributed by atoms with E-state index in [-0.39, 0.29) is 85.2 Å². The Morgan fingerprint density at radius 3 is 1.28 bits per heavy atom. The fourth-order valence-electron chi connectivity index (χ4n) is 0.482. The van der Waals surface area contributed by atoms with Gasteiger partial charge >= 0.3 is 59.1 Å². The van der Waals surface area contributed by atoms with Crippen LogP contribution in [0.5, 0.6) is 0 Å². The van der Waals surface area contributed by atoms with Crippen LogP contribution in [0.1, 0.15) is 27.2 Å². The Bertz CT molecular complexity index is 574. The van der Waals surface area contributed by atoms with Gasteiger partial charge in [-0.15, -0.1) is 0 Å². The summed E-state index contributed by atoms with van der Waals surface area (Å²) in [6.07, 6.45) is -0.459. The number of carbonyl (C=O) groups excluding carboxylic acids is 2. The Balaban J connectivity index is -0.0000000543. The van der Waals surface area contributed by atoms with Crippen molar-refractivity contribution in [3.8, 4) is 0 Å². The number of halogens is 1. The molecule has 0 saturated heterocycles. The first kappa shape index (κ1) is 40.9. The molecule has 0 radical (unpaired) electrons. The zero-order valence-corrected chi connectivity index (χ0v) is 20.2. The minimum Gasteiger partial charge on any atom is -0.917 e. The van der Waals surface area contributed by atoms with Crippen molar-refractivity contribution in [1.82, 2.24) is 0 Å². The van der Waals surface area contributed by atoms with Gasteiger partial charge in [0.1, 0.15) is 5.78 Å². The van der Waals surface area contributed by atoms with Gasteiger partial charge in [-0.05, 0) is 18.5 Å². The summed E-state index contributed by atoms with van der Waals surface area (Å²) < 4.78 is 81.1. The van der Waals surface area contributed by atoms with Crippen molar-refractivity contribution < 1.29 is 108 Å². The van der Waals surface area contributed by atoms with Crippen LogP contribution in [0.25, 0.3) is 0 Å². The van der Waals surface area contributed by atoms with E-state index in [1.54, 1.807) is 0 Å². The van der Waals surface area contributed by atoms with Crippen molar-refractivity contribution in [2.45, 2.75) is 27.2 Å². The molecule has 0 saturated carbocycles. The van der Waals surface area contributed by atoms with Crippen molar-refractivity contribution >= 4 is 53.8 Å². The number of carbonyl (C=O) groups is 2. The average Bonchev–Trinajstić information content (AvgIpc) is 2.22. The van der Waals surface area contributed by atoms with Gasteiger partial charge in [-0.3, -0.25) is 18.7 Å². The molecule has 17 heteroatoms. The molecule has 11 nitrogen and oxygen atoms in total. The number of hydrogen-bond acceptors (Lipinski definition) is 10. The number of ketones is 1. The second-order valence-corrected chi connectivity index (χ2v) is 7.31. The maximum atomic E-state index is 10.1. The van der Waals surface area contributed by atoms with Gasteiger partial charge < -0.3 is 13.0 Å². The quantitative estimate of drug-likeness (QED) is 0.124. The van der Waals surface area contributed by atoms with Crippen LogP contribution < -0.4 is 59.1 Å². The second-order valence-electron chi connectivity index (χ2n) is 3.33. The second kappa shape index (κ2) is 21.7. The van der Waals surface area contributed by atoms with Crippen LogP contribution >= 0.6 is 11.6 Å². The van der Waals surface area contributed by atoms with Gasteiger partial charge in [0.25, 0.3) is 20.2 Å². The molecule has 0 unspecified atom stereocenters. The summed E-state index contributed by atoms with van der Waals surface area (Å²) in [5.41, 5.74) is 0. The third-order valence-corrected chi connectivity index (χ3v) is 2.90. The molecule has 0 rings (SSSR count). The van der Waals surface area contributed by atoms with Crippen LogP contribution in [0.15, 0.2) is 0 Å². The molecule has 0 fully saturated rings. The molecular formula is C8H17ClNa2O11S3. The predicted octanol–water partition coefficient (Wildman–Crippen LogP) is -6.05. The van der Waals surface area contributed by atoms with Crippen LogP contribution in [-0.4, -0.2) is 53.0 Å². The minimum absolute atomic E-state index is 0. The molecule has 0 heterocycles. The molecular weight excluding hydrogens is 450 g/mol. The van der Waals surface area contributed by atoms with E-state index < -0.39 is 48.0 Å². The van der Waals surface area contributed by atoms with Crippen LogP contribution in [0.4, 0.5) is 0 Å². The molecule has 0 amide bonds. The summed E-state index contributed by atoms with van der Waals surface area (Å²) in [4.78, 5) is 20.0. The summed E-state index contributed by atoms with van der Waals surface area (Å²) in [5.74, 6) is -1.31. The molecule has 2 N–H and O–H groups in total. The first-order valence-electron chi connectivity index (χ1n) is 4.91. The normalized spacial score (nSPS) is 9.52. The van der Waals surface area contributed by atoms with E-state index in [0.717, 1.165) is 0 Å². The third-order valence-electron chi connectivity index (χ3n) is 1.27. The molecule has 25 heavy (non-hydrogen) atoms. The van der Waals surface area contributed by atoms with Crippen molar-refractivity contribution in [2.24, 2.45) is 0 Å². The first-order valence-corrected chi connectivity index (χ1v) is 9.51. The largest absolute Gasteiger partial charge is 1.00 e. The van der Waals surface area contributed by atoms with Gasteiger partial charge in [0.15, 0.2) is 0 Å². The zero-order valence-electron chi connectivity index (χ0n) is 13.0. The Labute approximate surface area is 198 Å². The maximum absolute atomic E-state index is 10.1. The number of rotatable bonds is 6. The average molecular weight is 467 g/mol. The van der Waals surface area contributed by atoms with Gasteiger partial charge in [0, 0.05) is 12.8 Å². The molecule has 0 aliphatic carbocycles. The van der Waals surface area contributed by atoms with E-state index >= 15 is 0 Å². The number of Topliss-reactive ketones (excluding diaryl/α,β-unsaturated/α-hetero) is 1. The zero-order chi connectivity index (χ0) is 18.6. The molecule has 0 aliphatic rings.